The molecule has 0 aliphatic carbocycles. The lowest BCUT2D eigenvalue weighted by Gasteiger charge is -2.40. The average molecular weight is 402 g/mol. The standard InChI is InChI=1S/C19H27N3O2.2ClH/c1-23-15-2-3-18-16(12-15)17(13-21-18)19(14-4-10-24-11-5-14)22-8-6-20-7-9-22;;/h2-3,12-14,19-21H,4-11H2,1H3;2*1H/t19-;;/m1../s1. The zero-order valence-corrected chi connectivity index (χ0v) is 16.8. The highest BCUT2D eigenvalue weighted by Crippen LogP contribution is 2.39. The van der Waals surface area contributed by atoms with Crippen molar-refractivity contribution in [1.29, 1.82) is 0 Å². The van der Waals surface area contributed by atoms with Crippen LogP contribution >= 0.6 is 24.8 Å². The molecule has 0 spiro atoms. The fraction of sp³-hybridized carbons (Fsp3) is 0.579. The normalized spacial score (nSPS) is 20.2. The van der Waals surface area contributed by atoms with Gasteiger partial charge in [0.15, 0.2) is 0 Å². The number of ether oxygens (including phenoxy) is 2. The lowest BCUT2D eigenvalue weighted by molar-refractivity contribution is 0.0217. The molecule has 0 saturated carbocycles. The number of halogens is 2. The predicted molar refractivity (Wildman–Crippen MR) is 110 cm³/mol. The number of piperazine rings is 1. The maximum Gasteiger partial charge on any atom is 0.119 e. The molecular formula is C19H29Cl2N3O2. The van der Waals surface area contributed by atoms with Crippen LogP contribution in [0.3, 0.4) is 0 Å². The fourth-order valence-corrected chi connectivity index (χ4v) is 4.23. The van der Waals surface area contributed by atoms with Crippen LogP contribution in [0.1, 0.15) is 24.4 Å². The summed E-state index contributed by atoms with van der Waals surface area (Å²) < 4.78 is 11.1. The molecule has 0 unspecified atom stereocenters. The third kappa shape index (κ3) is 4.29. The van der Waals surface area contributed by atoms with Gasteiger partial charge in [0.2, 0.25) is 0 Å². The van der Waals surface area contributed by atoms with Crippen LogP contribution in [0.25, 0.3) is 10.9 Å². The molecule has 2 aromatic rings. The summed E-state index contributed by atoms with van der Waals surface area (Å²) in [6.07, 6.45) is 4.50. The second-order valence-corrected chi connectivity index (χ2v) is 6.84. The number of methoxy groups -OCH3 is 1. The van der Waals surface area contributed by atoms with E-state index < -0.39 is 0 Å². The fourth-order valence-electron chi connectivity index (χ4n) is 4.23. The van der Waals surface area contributed by atoms with E-state index in [1.54, 1.807) is 7.11 Å². The molecule has 5 nitrogen and oxygen atoms in total. The van der Waals surface area contributed by atoms with Gasteiger partial charge in [-0.3, -0.25) is 4.90 Å². The van der Waals surface area contributed by atoms with Crippen LogP contribution < -0.4 is 10.1 Å². The Morgan fingerprint density at radius 3 is 2.58 bits per heavy atom. The van der Waals surface area contributed by atoms with E-state index in [4.69, 9.17) is 9.47 Å². The van der Waals surface area contributed by atoms with Crippen LogP contribution in [0, 0.1) is 5.92 Å². The summed E-state index contributed by atoms with van der Waals surface area (Å²) in [5, 5.41) is 4.77. The molecular weight excluding hydrogens is 373 g/mol. The number of rotatable bonds is 4. The van der Waals surface area contributed by atoms with E-state index in [0.29, 0.717) is 12.0 Å². The first kappa shape index (κ1) is 21.3. The summed E-state index contributed by atoms with van der Waals surface area (Å²) in [5.74, 6) is 1.58. The van der Waals surface area contributed by atoms with E-state index in [2.05, 4.69) is 33.5 Å². The minimum atomic E-state index is 0. The second kappa shape index (κ2) is 9.81. The van der Waals surface area contributed by atoms with Gasteiger partial charge >= 0.3 is 0 Å². The lowest BCUT2D eigenvalue weighted by atomic mass is 9.85. The first-order valence-electron chi connectivity index (χ1n) is 9.04. The van der Waals surface area contributed by atoms with Gasteiger partial charge in [0.05, 0.1) is 7.11 Å². The van der Waals surface area contributed by atoms with Crippen molar-refractivity contribution in [2.75, 3.05) is 46.5 Å². The summed E-state index contributed by atoms with van der Waals surface area (Å²) in [6, 6.07) is 6.78. The summed E-state index contributed by atoms with van der Waals surface area (Å²) in [6.45, 7) is 6.14. The van der Waals surface area contributed by atoms with Gasteiger partial charge in [-0.25, -0.2) is 0 Å². The molecule has 1 atom stereocenters. The first-order chi connectivity index (χ1) is 11.9. The molecule has 0 bridgehead atoms. The number of hydrogen-bond donors (Lipinski definition) is 2. The van der Waals surface area contributed by atoms with Gasteiger partial charge in [0.1, 0.15) is 5.75 Å². The Bertz CT molecular complexity index is 664. The second-order valence-electron chi connectivity index (χ2n) is 6.84. The molecule has 0 amide bonds. The molecule has 146 valence electrons. The molecule has 7 heteroatoms. The summed E-state index contributed by atoms with van der Waals surface area (Å²) in [4.78, 5) is 6.13. The number of benzene rings is 1. The van der Waals surface area contributed by atoms with Crippen molar-refractivity contribution in [1.82, 2.24) is 15.2 Å². The Morgan fingerprint density at radius 1 is 1.15 bits per heavy atom. The maximum absolute atomic E-state index is 5.62. The largest absolute Gasteiger partial charge is 0.497 e. The Balaban J connectivity index is 0.00000121. The highest BCUT2D eigenvalue weighted by Gasteiger charge is 2.32. The van der Waals surface area contributed by atoms with Gasteiger partial charge in [0.25, 0.3) is 0 Å². The quantitative estimate of drug-likeness (QED) is 0.823. The smallest absolute Gasteiger partial charge is 0.119 e. The summed E-state index contributed by atoms with van der Waals surface area (Å²) in [7, 11) is 1.74. The maximum atomic E-state index is 5.62. The Morgan fingerprint density at radius 2 is 1.88 bits per heavy atom. The SMILES string of the molecule is COc1ccc2[nH]cc([C@@H](C3CCOCC3)N3CCNCC3)c2c1.Cl.Cl. The third-order valence-corrected chi connectivity index (χ3v) is 5.50. The van der Waals surface area contributed by atoms with E-state index >= 15 is 0 Å². The third-order valence-electron chi connectivity index (χ3n) is 5.50. The molecule has 3 heterocycles. The topological polar surface area (TPSA) is 49.5 Å². The van der Waals surface area contributed by atoms with Gasteiger partial charge < -0.3 is 19.8 Å². The molecule has 2 fully saturated rings. The van der Waals surface area contributed by atoms with E-state index in [0.717, 1.165) is 58.0 Å². The van der Waals surface area contributed by atoms with Crippen LogP contribution in [0.5, 0.6) is 5.75 Å². The van der Waals surface area contributed by atoms with Crippen molar-refractivity contribution < 1.29 is 9.47 Å². The highest BCUT2D eigenvalue weighted by molar-refractivity contribution is 5.86. The first-order valence-corrected chi connectivity index (χ1v) is 9.04. The van der Waals surface area contributed by atoms with Gasteiger partial charge in [-0.15, -0.1) is 24.8 Å². The van der Waals surface area contributed by atoms with Crippen LogP contribution in [0.4, 0.5) is 0 Å². The van der Waals surface area contributed by atoms with Crippen LogP contribution in [-0.2, 0) is 4.74 Å². The van der Waals surface area contributed by atoms with Gasteiger partial charge in [0, 0.05) is 62.5 Å². The zero-order chi connectivity index (χ0) is 16.4. The molecule has 0 radical (unpaired) electrons. The van der Waals surface area contributed by atoms with E-state index in [1.165, 1.54) is 16.5 Å². The Hall–Kier alpha value is -0.980. The molecule has 1 aromatic heterocycles. The van der Waals surface area contributed by atoms with Gasteiger partial charge in [-0.1, -0.05) is 0 Å². The molecule has 1 aromatic carbocycles. The minimum Gasteiger partial charge on any atom is -0.497 e. The monoisotopic (exact) mass is 401 g/mol. The van der Waals surface area contributed by atoms with Crippen LogP contribution in [0.15, 0.2) is 24.4 Å². The van der Waals surface area contributed by atoms with E-state index in [9.17, 15) is 0 Å². The molecule has 2 aliphatic rings. The van der Waals surface area contributed by atoms with E-state index in [-0.39, 0.29) is 24.8 Å². The van der Waals surface area contributed by atoms with Crippen molar-refractivity contribution >= 4 is 35.7 Å². The highest BCUT2D eigenvalue weighted by atomic mass is 35.5. The van der Waals surface area contributed by atoms with Crippen molar-refractivity contribution in [3.8, 4) is 5.75 Å². The summed E-state index contributed by atoms with van der Waals surface area (Å²) >= 11 is 0. The summed E-state index contributed by atoms with van der Waals surface area (Å²) in [5.41, 5.74) is 2.61. The van der Waals surface area contributed by atoms with E-state index in [1.807, 2.05) is 6.07 Å². The number of nitrogens with zero attached hydrogens (tertiary/aromatic N) is 1. The van der Waals surface area contributed by atoms with Crippen molar-refractivity contribution in [3.63, 3.8) is 0 Å². The molecule has 2 saturated heterocycles. The molecule has 2 aliphatic heterocycles. The minimum absolute atomic E-state index is 0. The number of aromatic amines is 1. The number of hydrogen-bond acceptors (Lipinski definition) is 4. The number of aromatic nitrogens is 1. The molecule has 2 N–H and O–H groups in total. The number of fused-ring (bicyclic) bond motifs is 1. The Kier molecular flexibility index (Phi) is 8.05. The molecule has 4 rings (SSSR count). The van der Waals surface area contributed by atoms with Crippen LogP contribution in [0.2, 0.25) is 0 Å². The van der Waals surface area contributed by atoms with Crippen LogP contribution in [-0.4, -0.2) is 56.4 Å². The predicted octanol–water partition coefficient (Wildman–Crippen LogP) is 3.39. The van der Waals surface area contributed by atoms with Crippen molar-refractivity contribution in [2.45, 2.75) is 18.9 Å². The number of H-pyrrole nitrogens is 1. The van der Waals surface area contributed by atoms with Gasteiger partial charge in [-0.2, -0.15) is 0 Å². The van der Waals surface area contributed by atoms with Crippen molar-refractivity contribution in [3.05, 3.63) is 30.0 Å². The lowest BCUT2D eigenvalue weighted by Crippen LogP contribution is -2.47. The van der Waals surface area contributed by atoms with Gasteiger partial charge in [-0.05, 0) is 42.5 Å². The average Bonchev–Trinajstić information content (AvgIpc) is 3.07. The Labute approximate surface area is 167 Å². The van der Waals surface area contributed by atoms with Crippen molar-refractivity contribution in [2.24, 2.45) is 5.92 Å². The zero-order valence-electron chi connectivity index (χ0n) is 15.2. The number of nitrogens with one attached hydrogen (secondary N) is 2. The molecule has 26 heavy (non-hydrogen) atoms.